The van der Waals surface area contributed by atoms with E-state index in [1.54, 1.807) is 13.0 Å². The van der Waals surface area contributed by atoms with E-state index < -0.39 is 0 Å². The van der Waals surface area contributed by atoms with E-state index in [-0.39, 0.29) is 5.97 Å². The first kappa shape index (κ1) is 11.6. The number of nitrogens with zero attached hydrogens (tertiary/aromatic N) is 2. The number of benzene rings is 1. The number of esters is 1. The zero-order chi connectivity index (χ0) is 12.4. The molecule has 1 aromatic heterocycles. The number of aromatic nitrogens is 2. The van der Waals surface area contributed by atoms with Gasteiger partial charge in [-0.3, -0.25) is 0 Å². The van der Waals surface area contributed by atoms with Crippen molar-refractivity contribution in [1.29, 1.82) is 0 Å². The minimum absolute atomic E-state index is 0.307. The lowest BCUT2D eigenvalue weighted by Gasteiger charge is -2.04. The van der Waals surface area contributed by atoms with Crippen molar-refractivity contribution in [3.8, 4) is 0 Å². The lowest BCUT2D eigenvalue weighted by Crippen LogP contribution is -2.05. The summed E-state index contributed by atoms with van der Waals surface area (Å²) in [7, 11) is 0. The SMILES string of the molecule is CCOC(=O)c1cccc2c1nc(C)n2CC. The lowest BCUT2D eigenvalue weighted by molar-refractivity contribution is 0.0528. The first-order valence-corrected chi connectivity index (χ1v) is 5.82. The monoisotopic (exact) mass is 232 g/mol. The van der Waals surface area contributed by atoms with Gasteiger partial charge in [0, 0.05) is 6.54 Å². The van der Waals surface area contributed by atoms with Crippen LogP contribution in [-0.2, 0) is 11.3 Å². The van der Waals surface area contributed by atoms with Crippen molar-refractivity contribution in [1.82, 2.24) is 9.55 Å². The van der Waals surface area contributed by atoms with Crippen LogP contribution in [-0.4, -0.2) is 22.1 Å². The minimum Gasteiger partial charge on any atom is -0.462 e. The van der Waals surface area contributed by atoms with Crippen molar-refractivity contribution in [2.75, 3.05) is 6.61 Å². The van der Waals surface area contributed by atoms with Gasteiger partial charge >= 0.3 is 5.97 Å². The first-order valence-electron chi connectivity index (χ1n) is 5.82. The molecule has 4 nitrogen and oxygen atoms in total. The van der Waals surface area contributed by atoms with Crippen LogP contribution in [0.5, 0.6) is 0 Å². The summed E-state index contributed by atoms with van der Waals surface area (Å²) < 4.78 is 7.11. The van der Waals surface area contributed by atoms with Crippen molar-refractivity contribution in [2.24, 2.45) is 0 Å². The third-order valence-electron chi connectivity index (χ3n) is 2.78. The molecule has 0 spiro atoms. The minimum atomic E-state index is -0.307. The zero-order valence-electron chi connectivity index (χ0n) is 10.4. The molecule has 0 amide bonds. The van der Waals surface area contributed by atoms with Gasteiger partial charge in [-0.05, 0) is 32.9 Å². The summed E-state index contributed by atoms with van der Waals surface area (Å²) in [6, 6.07) is 5.59. The highest BCUT2D eigenvalue weighted by molar-refractivity contribution is 6.02. The highest BCUT2D eigenvalue weighted by atomic mass is 16.5. The van der Waals surface area contributed by atoms with Gasteiger partial charge in [-0.1, -0.05) is 6.07 Å². The van der Waals surface area contributed by atoms with E-state index >= 15 is 0 Å². The van der Waals surface area contributed by atoms with E-state index in [0.29, 0.717) is 12.2 Å². The molecule has 0 N–H and O–H groups in total. The number of imidazole rings is 1. The Balaban J connectivity index is 2.62. The molecule has 1 aromatic carbocycles. The highest BCUT2D eigenvalue weighted by Crippen LogP contribution is 2.20. The summed E-state index contributed by atoms with van der Waals surface area (Å²) in [5, 5.41) is 0. The fourth-order valence-electron chi connectivity index (χ4n) is 2.04. The average molecular weight is 232 g/mol. The second-order valence-corrected chi connectivity index (χ2v) is 3.80. The number of hydrogen-bond donors (Lipinski definition) is 0. The Hall–Kier alpha value is -1.84. The maximum Gasteiger partial charge on any atom is 0.340 e. The number of aryl methyl sites for hydroxylation is 2. The Bertz CT molecular complexity index is 558. The molecule has 0 bridgehead atoms. The van der Waals surface area contributed by atoms with Crippen LogP contribution in [0.1, 0.15) is 30.0 Å². The Morgan fingerprint density at radius 3 is 2.82 bits per heavy atom. The number of ether oxygens (including phenoxy) is 1. The highest BCUT2D eigenvalue weighted by Gasteiger charge is 2.15. The molecule has 0 aliphatic heterocycles. The van der Waals surface area contributed by atoms with Gasteiger partial charge in [0.25, 0.3) is 0 Å². The van der Waals surface area contributed by atoms with Gasteiger partial charge < -0.3 is 9.30 Å². The molecule has 0 saturated carbocycles. The van der Waals surface area contributed by atoms with Gasteiger partial charge in [0.15, 0.2) is 0 Å². The Labute approximate surface area is 100 Å². The summed E-state index contributed by atoms with van der Waals surface area (Å²) in [6.07, 6.45) is 0. The Kier molecular flexibility index (Phi) is 3.13. The molecular weight excluding hydrogens is 216 g/mol. The number of carbonyl (C=O) groups excluding carboxylic acids is 1. The molecule has 0 radical (unpaired) electrons. The van der Waals surface area contributed by atoms with Gasteiger partial charge in [-0.25, -0.2) is 9.78 Å². The van der Waals surface area contributed by atoms with E-state index in [1.165, 1.54) is 0 Å². The predicted molar refractivity (Wildman–Crippen MR) is 66.1 cm³/mol. The Morgan fingerprint density at radius 1 is 1.41 bits per heavy atom. The molecule has 0 aliphatic carbocycles. The van der Waals surface area contributed by atoms with E-state index in [1.807, 2.05) is 19.1 Å². The molecule has 0 unspecified atom stereocenters. The molecule has 2 aromatic rings. The molecule has 90 valence electrons. The van der Waals surface area contributed by atoms with E-state index in [2.05, 4.69) is 16.5 Å². The normalized spacial score (nSPS) is 10.8. The number of fused-ring (bicyclic) bond motifs is 1. The average Bonchev–Trinajstić information content (AvgIpc) is 2.64. The summed E-state index contributed by atoms with van der Waals surface area (Å²) in [6.45, 7) is 7.02. The smallest absolute Gasteiger partial charge is 0.340 e. The lowest BCUT2D eigenvalue weighted by atomic mass is 10.2. The van der Waals surface area contributed by atoms with Gasteiger partial charge in [-0.15, -0.1) is 0 Å². The van der Waals surface area contributed by atoms with Gasteiger partial charge in [0.1, 0.15) is 11.3 Å². The van der Waals surface area contributed by atoms with Crippen molar-refractivity contribution in [3.63, 3.8) is 0 Å². The molecule has 0 atom stereocenters. The summed E-state index contributed by atoms with van der Waals surface area (Å²) >= 11 is 0. The van der Waals surface area contributed by atoms with Crippen LogP contribution in [0, 0.1) is 6.92 Å². The van der Waals surface area contributed by atoms with Crippen molar-refractivity contribution in [2.45, 2.75) is 27.3 Å². The topological polar surface area (TPSA) is 44.1 Å². The summed E-state index contributed by atoms with van der Waals surface area (Å²) in [5.74, 6) is 0.609. The van der Waals surface area contributed by atoms with Crippen LogP contribution >= 0.6 is 0 Å². The third kappa shape index (κ3) is 1.90. The number of rotatable bonds is 3. The van der Waals surface area contributed by atoms with Gasteiger partial charge in [-0.2, -0.15) is 0 Å². The zero-order valence-corrected chi connectivity index (χ0v) is 10.4. The fraction of sp³-hybridized carbons (Fsp3) is 0.385. The van der Waals surface area contributed by atoms with Crippen LogP contribution in [0.25, 0.3) is 11.0 Å². The van der Waals surface area contributed by atoms with Crippen molar-refractivity contribution in [3.05, 3.63) is 29.6 Å². The van der Waals surface area contributed by atoms with E-state index in [0.717, 1.165) is 23.4 Å². The molecule has 0 fully saturated rings. The quantitative estimate of drug-likeness (QED) is 0.764. The maximum absolute atomic E-state index is 11.8. The van der Waals surface area contributed by atoms with Crippen molar-refractivity contribution < 1.29 is 9.53 Å². The standard InChI is InChI=1S/C13H16N2O2/c1-4-15-9(3)14-12-10(13(16)17-5-2)7-6-8-11(12)15/h6-8H,4-5H2,1-3H3. The molecule has 2 rings (SSSR count). The molecule has 0 saturated heterocycles. The maximum atomic E-state index is 11.8. The predicted octanol–water partition coefficient (Wildman–Crippen LogP) is 2.54. The number of para-hydroxylation sites is 1. The molecule has 4 heteroatoms. The van der Waals surface area contributed by atoms with Gasteiger partial charge in [0.05, 0.1) is 17.7 Å². The third-order valence-corrected chi connectivity index (χ3v) is 2.78. The van der Waals surface area contributed by atoms with Gasteiger partial charge in [0.2, 0.25) is 0 Å². The number of hydrogen-bond acceptors (Lipinski definition) is 3. The van der Waals surface area contributed by atoms with Crippen LogP contribution in [0.3, 0.4) is 0 Å². The summed E-state index contributed by atoms with van der Waals surface area (Å²) in [5.41, 5.74) is 2.25. The Morgan fingerprint density at radius 2 is 2.18 bits per heavy atom. The first-order chi connectivity index (χ1) is 8.19. The number of carbonyl (C=O) groups is 1. The largest absolute Gasteiger partial charge is 0.462 e. The van der Waals surface area contributed by atoms with Crippen LogP contribution in [0.2, 0.25) is 0 Å². The molecule has 17 heavy (non-hydrogen) atoms. The fourth-order valence-corrected chi connectivity index (χ4v) is 2.04. The van der Waals surface area contributed by atoms with E-state index in [4.69, 9.17) is 4.74 Å². The van der Waals surface area contributed by atoms with Crippen LogP contribution in [0.15, 0.2) is 18.2 Å². The molecular formula is C13H16N2O2. The molecule has 1 heterocycles. The van der Waals surface area contributed by atoms with Crippen LogP contribution in [0.4, 0.5) is 0 Å². The van der Waals surface area contributed by atoms with E-state index in [9.17, 15) is 4.79 Å². The summed E-state index contributed by atoms with van der Waals surface area (Å²) in [4.78, 5) is 16.2. The molecule has 0 aliphatic rings. The van der Waals surface area contributed by atoms with Crippen LogP contribution < -0.4 is 0 Å². The second kappa shape index (κ2) is 4.57. The van der Waals surface area contributed by atoms with Crippen molar-refractivity contribution >= 4 is 17.0 Å². The second-order valence-electron chi connectivity index (χ2n) is 3.80.